The van der Waals surface area contributed by atoms with Crippen molar-refractivity contribution in [2.45, 2.75) is 31.8 Å². The molecule has 0 fully saturated rings. The van der Waals surface area contributed by atoms with Gasteiger partial charge >= 0.3 is 5.85 Å². The topological polar surface area (TPSA) is 29.5 Å². The average Bonchev–Trinajstić information content (AvgIpc) is 2.55. The van der Waals surface area contributed by atoms with Gasteiger partial charge in [-0.05, 0) is 42.0 Å². The zero-order valence-electron chi connectivity index (χ0n) is 11.8. The lowest BCUT2D eigenvalue weighted by Crippen LogP contribution is -2.40. The molecule has 0 aliphatic heterocycles. The van der Waals surface area contributed by atoms with Crippen LogP contribution in [0, 0.1) is 0 Å². The Morgan fingerprint density at radius 3 is 2.52 bits per heavy atom. The maximum atomic E-state index is 13.8. The molecule has 0 radical (unpaired) electrons. The quantitative estimate of drug-likeness (QED) is 0.699. The SMILES string of the molecule is CC(CC1=C(F)C(F)C(F)(OF)C(F)=C1F)=C1C=CC(O)=CC1. The maximum Gasteiger partial charge on any atom is 0.336 e. The predicted molar refractivity (Wildman–Crippen MR) is 70.1 cm³/mol. The van der Waals surface area contributed by atoms with Gasteiger partial charge in [-0.3, -0.25) is 0 Å². The van der Waals surface area contributed by atoms with Gasteiger partial charge in [0.05, 0.1) is 0 Å². The van der Waals surface area contributed by atoms with E-state index in [1.807, 2.05) is 0 Å². The summed E-state index contributed by atoms with van der Waals surface area (Å²) in [5, 5.41) is 9.19. The lowest BCUT2D eigenvalue weighted by Gasteiger charge is -2.27. The van der Waals surface area contributed by atoms with E-state index in [-0.39, 0.29) is 12.2 Å². The van der Waals surface area contributed by atoms with Crippen LogP contribution in [0.5, 0.6) is 0 Å². The highest BCUT2D eigenvalue weighted by atomic mass is 19.3. The van der Waals surface area contributed by atoms with E-state index < -0.39 is 41.5 Å². The fourth-order valence-electron chi connectivity index (χ4n) is 2.28. The number of allylic oxidation sites excluding steroid dienone is 7. The van der Waals surface area contributed by atoms with Gasteiger partial charge in [-0.15, -0.1) is 4.94 Å². The summed E-state index contributed by atoms with van der Waals surface area (Å²) in [5.74, 6) is -10.9. The summed E-state index contributed by atoms with van der Waals surface area (Å²) in [7, 11) is 0. The lowest BCUT2D eigenvalue weighted by molar-refractivity contribution is -0.302. The van der Waals surface area contributed by atoms with Gasteiger partial charge in [0.15, 0.2) is 5.83 Å². The Hall–Kier alpha value is -1.96. The normalized spacial score (nSPS) is 30.7. The molecule has 2 atom stereocenters. The van der Waals surface area contributed by atoms with Crippen molar-refractivity contribution in [3.63, 3.8) is 0 Å². The molecule has 126 valence electrons. The van der Waals surface area contributed by atoms with Gasteiger partial charge in [0.1, 0.15) is 11.6 Å². The molecule has 0 spiro atoms. The van der Waals surface area contributed by atoms with Gasteiger partial charge in [-0.25, -0.2) is 17.6 Å². The molecular formula is C15H12F6O2. The second-order valence-electron chi connectivity index (χ2n) is 5.19. The van der Waals surface area contributed by atoms with Crippen LogP contribution >= 0.6 is 0 Å². The maximum absolute atomic E-state index is 13.8. The average molecular weight is 338 g/mol. The standard InChI is InChI=1S/C15H12F6O2/c1-7(8-2-4-9(22)5-3-8)6-10-11(16)13(18)15(20,23-21)14(19)12(10)17/h2,4-5,13,22H,3,6H2,1H3. The van der Waals surface area contributed by atoms with Gasteiger partial charge < -0.3 is 5.11 Å². The zero-order chi connectivity index (χ0) is 17.4. The van der Waals surface area contributed by atoms with Crippen molar-refractivity contribution >= 4 is 0 Å². The Morgan fingerprint density at radius 1 is 1.35 bits per heavy atom. The fraction of sp³-hybridized carbons (Fsp3) is 0.333. The zero-order valence-corrected chi connectivity index (χ0v) is 11.8. The van der Waals surface area contributed by atoms with Crippen LogP contribution in [0.25, 0.3) is 0 Å². The van der Waals surface area contributed by atoms with Crippen molar-refractivity contribution < 1.29 is 36.5 Å². The molecule has 0 heterocycles. The van der Waals surface area contributed by atoms with E-state index in [9.17, 15) is 31.6 Å². The van der Waals surface area contributed by atoms with Crippen LogP contribution in [0.15, 0.2) is 58.2 Å². The molecule has 0 saturated heterocycles. The third kappa shape index (κ3) is 2.95. The van der Waals surface area contributed by atoms with Crippen LogP contribution in [0.4, 0.5) is 26.5 Å². The minimum Gasteiger partial charge on any atom is -0.508 e. The minimum atomic E-state index is -4.46. The van der Waals surface area contributed by atoms with Gasteiger partial charge in [0, 0.05) is 5.57 Å². The number of hydrogen-bond donors (Lipinski definition) is 1. The van der Waals surface area contributed by atoms with Crippen LogP contribution in [0.2, 0.25) is 0 Å². The largest absolute Gasteiger partial charge is 0.508 e. The molecule has 1 N–H and O–H groups in total. The monoisotopic (exact) mass is 338 g/mol. The van der Waals surface area contributed by atoms with Gasteiger partial charge in [0.25, 0.3) is 0 Å². The predicted octanol–water partition coefficient (Wildman–Crippen LogP) is 5.39. The van der Waals surface area contributed by atoms with E-state index in [0.717, 1.165) is 0 Å². The highest BCUT2D eigenvalue weighted by molar-refractivity contribution is 5.45. The molecule has 0 aromatic heterocycles. The van der Waals surface area contributed by atoms with Crippen molar-refractivity contribution in [3.05, 3.63) is 58.2 Å². The summed E-state index contributed by atoms with van der Waals surface area (Å²) >= 11 is 0. The van der Waals surface area contributed by atoms with E-state index >= 15 is 0 Å². The number of halogens is 6. The van der Waals surface area contributed by atoms with Crippen molar-refractivity contribution in [2.75, 3.05) is 0 Å². The summed E-state index contributed by atoms with van der Waals surface area (Å²) in [6.07, 6.45) is 0.478. The molecule has 0 aromatic carbocycles. The summed E-state index contributed by atoms with van der Waals surface area (Å²) in [5.41, 5.74) is -0.138. The Morgan fingerprint density at radius 2 is 2.00 bits per heavy atom. The smallest absolute Gasteiger partial charge is 0.336 e. The molecule has 2 aliphatic carbocycles. The van der Waals surface area contributed by atoms with Crippen LogP contribution in [0.3, 0.4) is 0 Å². The Bertz CT molecular complexity index is 673. The summed E-state index contributed by atoms with van der Waals surface area (Å²) in [6.45, 7) is 1.46. The van der Waals surface area contributed by atoms with Crippen molar-refractivity contribution in [1.82, 2.24) is 0 Å². The van der Waals surface area contributed by atoms with Crippen molar-refractivity contribution in [2.24, 2.45) is 0 Å². The summed E-state index contributed by atoms with van der Waals surface area (Å²) < 4.78 is 80.2. The lowest BCUT2D eigenvalue weighted by atomic mass is 9.90. The van der Waals surface area contributed by atoms with E-state index in [1.54, 1.807) is 0 Å². The Kier molecular flexibility index (Phi) is 4.74. The molecular weight excluding hydrogens is 326 g/mol. The molecule has 0 aromatic rings. The highest BCUT2D eigenvalue weighted by Crippen LogP contribution is 2.46. The molecule has 0 bridgehead atoms. The number of rotatable bonds is 3. The molecule has 2 nitrogen and oxygen atoms in total. The number of alkyl halides is 2. The van der Waals surface area contributed by atoms with E-state index in [0.29, 0.717) is 11.1 Å². The van der Waals surface area contributed by atoms with E-state index in [1.165, 1.54) is 25.2 Å². The fourth-order valence-corrected chi connectivity index (χ4v) is 2.28. The van der Waals surface area contributed by atoms with Crippen LogP contribution in [-0.4, -0.2) is 17.1 Å². The van der Waals surface area contributed by atoms with Gasteiger partial charge in [-0.2, -0.15) is 4.39 Å². The molecule has 2 rings (SSSR count). The first-order valence-corrected chi connectivity index (χ1v) is 6.55. The van der Waals surface area contributed by atoms with E-state index in [2.05, 4.69) is 4.94 Å². The third-order valence-electron chi connectivity index (χ3n) is 3.68. The molecule has 0 saturated carbocycles. The highest BCUT2D eigenvalue weighted by Gasteiger charge is 2.56. The Labute approximate surface area is 127 Å². The first-order chi connectivity index (χ1) is 10.7. The van der Waals surface area contributed by atoms with Gasteiger partial charge in [-0.1, -0.05) is 11.6 Å². The number of hydrogen-bond acceptors (Lipinski definition) is 2. The Balaban J connectivity index is 2.37. The van der Waals surface area contributed by atoms with Gasteiger partial charge in [0.2, 0.25) is 12.0 Å². The van der Waals surface area contributed by atoms with Crippen LogP contribution in [0.1, 0.15) is 19.8 Å². The first kappa shape index (κ1) is 17.4. The number of aliphatic hydroxyl groups excluding tert-OH is 1. The summed E-state index contributed by atoms with van der Waals surface area (Å²) in [4.78, 5) is 2.48. The molecule has 2 unspecified atom stereocenters. The van der Waals surface area contributed by atoms with Crippen LogP contribution < -0.4 is 0 Å². The molecule has 23 heavy (non-hydrogen) atoms. The summed E-state index contributed by atoms with van der Waals surface area (Å²) in [6, 6.07) is 0. The minimum absolute atomic E-state index is 0.00728. The molecule has 0 amide bonds. The number of aliphatic hydroxyl groups is 1. The second kappa shape index (κ2) is 6.27. The molecule has 8 heteroatoms. The van der Waals surface area contributed by atoms with E-state index in [4.69, 9.17) is 0 Å². The first-order valence-electron chi connectivity index (χ1n) is 6.55. The van der Waals surface area contributed by atoms with Crippen molar-refractivity contribution in [1.29, 1.82) is 0 Å². The van der Waals surface area contributed by atoms with Crippen molar-refractivity contribution in [3.8, 4) is 0 Å². The third-order valence-corrected chi connectivity index (χ3v) is 3.68. The second-order valence-corrected chi connectivity index (χ2v) is 5.19. The van der Waals surface area contributed by atoms with Crippen LogP contribution in [-0.2, 0) is 4.94 Å². The molecule has 2 aliphatic rings.